The van der Waals surface area contributed by atoms with Gasteiger partial charge in [0.2, 0.25) is 5.91 Å². The first-order valence-corrected chi connectivity index (χ1v) is 7.90. The van der Waals surface area contributed by atoms with Gasteiger partial charge < -0.3 is 15.2 Å². The first-order valence-electron chi connectivity index (χ1n) is 7.02. The number of carbonyl (C=O) groups is 2. The summed E-state index contributed by atoms with van der Waals surface area (Å²) in [5.41, 5.74) is 0.502. The molecule has 0 fully saturated rings. The van der Waals surface area contributed by atoms with Gasteiger partial charge in [0.1, 0.15) is 5.75 Å². The third-order valence-corrected chi connectivity index (χ3v) is 3.86. The zero-order chi connectivity index (χ0) is 18.4. The Labute approximate surface area is 144 Å². The van der Waals surface area contributed by atoms with Gasteiger partial charge in [-0.2, -0.15) is 0 Å². The fraction of sp³-hybridized carbons (Fsp3) is 0.267. The number of benzene rings is 1. The topological polar surface area (TPSA) is 88.5 Å². The molecule has 2 aromatic rings. The maximum absolute atomic E-state index is 12.1. The molecular weight excluding hydrogens is 361 g/mol. The Morgan fingerprint density at radius 2 is 1.92 bits per heavy atom. The zero-order valence-electron chi connectivity index (χ0n) is 12.7. The monoisotopic (exact) mass is 374 g/mol. The van der Waals surface area contributed by atoms with Crippen LogP contribution in [0.5, 0.6) is 5.75 Å². The second kappa shape index (κ2) is 7.97. The molecule has 0 aliphatic heterocycles. The van der Waals surface area contributed by atoms with E-state index in [0.717, 1.165) is 12.1 Å². The summed E-state index contributed by atoms with van der Waals surface area (Å²) in [5, 5.41) is 13.4. The molecule has 1 aromatic heterocycles. The smallest absolute Gasteiger partial charge is 0.476 e. The lowest BCUT2D eigenvalue weighted by atomic mass is 10.1. The van der Waals surface area contributed by atoms with Crippen LogP contribution in [0, 0.1) is 0 Å². The Morgan fingerprint density at radius 3 is 2.48 bits per heavy atom. The molecule has 0 spiro atoms. The number of amides is 1. The standard InChI is InChI=1S/C15H13F3N2O4S/c16-15(17,18)24-10-3-1-9(2-4-10)7-12(21)19-6-5-13-20-11(8-25-13)14(22)23/h1-4,8H,5-7H2,(H,19,21)(H,22,23). The van der Waals surface area contributed by atoms with Gasteiger partial charge >= 0.3 is 12.3 Å². The van der Waals surface area contributed by atoms with Crippen LogP contribution in [-0.2, 0) is 17.6 Å². The van der Waals surface area contributed by atoms with Gasteiger partial charge in [-0.1, -0.05) is 12.1 Å². The number of rotatable bonds is 7. The Bertz CT molecular complexity index is 744. The minimum absolute atomic E-state index is 0.00451. The summed E-state index contributed by atoms with van der Waals surface area (Å²) in [7, 11) is 0. The molecule has 1 amide bonds. The Hall–Kier alpha value is -2.62. The molecule has 10 heteroatoms. The van der Waals surface area contributed by atoms with Crippen molar-refractivity contribution in [3.8, 4) is 5.75 Å². The van der Waals surface area contributed by atoms with Crippen LogP contribution in [0.1, 0.15) is 21.1 Å². The van der Waals surface area contributed by atoms with Crippen molar-refractivity contribution in [2.45, 2.75) is 19.2 Å². The van der Waals surface area contributed by atoms with Crippen LogP contribution >= 0.6 is 11.3 Å². The van der Waals surface area contributed by atoms with Crippen LogP contribution < -0.4 is 10.1 Å². The van der Waals surface area contributed by atoms with Gasteiger partial charge in [0, 0.05) is 18.3 Å². The minimum atomic E-state index is -4.75. The lowest BCUT2D eigenvalue weighted by molar-refractivity contribution is -0.274. The number of hydrogen-bond acceptors (Lipinski definition) is 5. The number of thiazole rings is 1. The molecule has 6 nitrogen and oxygen atoms in total. The average Bonchev–Trinajstić information content (AvgIpc) is 2.97. The molecule has 1 aromatic carbocycles. The molecule has 0 atom stereocenters. The van der Waals surface area contributed by atoms with Gasteiger partial charge in [-0.05, 0) is 17.7 Å². The molecule has 0 aliphatic rings. The molecule has 2 rings (SSSR count). The summed E-state index contributed by atoms with van der Waals surface area (Å²) < 4.78 is 39.9. The van der Waals surface area contributed by atoms with Crippen molar-refractivity contribution in [3.05, 3.63) is 45.9 Å². The number of nitrogens with zero attached hydrogens (tertiary/aromatic N) is 1. The van der Waals surface area contributed by atoms with Gasteiger partial charge in [-0.15, -0.1) is 24.5 Å². The van der Waals surface area contributed by atoms with Crippen molar-refractivity contribution in [1.29, 1.82) is 0 Å². The van der Waals surface area contributed by atoms with Crippen molar-refractivity contribution >= 4 is 23.2 Å². The third-order valence-electron chi connectivity index (χ3n) is 2.95. The number of halogens is 3. The van der Waals surface area contributed by atoms with E-state index in [9.17, 15) is 22.8 Å². The van der Waals surface area contributed by atoms with Crippen LogP contribution in [-0.4, -0.2) is 34.9 Å². The normalized spacial score (nSPS) is 11.2. The van der Waals surface area contributed by atoms with Gasteiger partial charge in [0.05, 0.1) is 11.4 Å². The second-order valence-corrected chi connectivity index (χ2v) is 5.84. The number of aromatic carboxylic acids is 1. The van der Waals surface area contributed by atoms with E-state index in [0.29, 0.717) is 17.0 Å². The predicted octanol–water partition coefficient (Wildman–Crippen LogP) is 2.64. The van der Waals surface area contributed by atoms with Crippen molar-refractivity contribution < 1.29 is 32.6 Å². The molecule has 2 N–H and O–H groups in total. The first kappa shape index (κ1) is 18.7. The largest absolute Gasteiger partial charge is 0.573 e. The van der Waals surface area contributed by atoms with E-state index < -0.39 is 12.3 Å². The minimum Gasteiger partial charge on any atom is -0.476 e. The first-order chi connectivity index (χ1) is 11.7. The molecule has 0 saturated carbocycles. The number of ether oxygens (including phenoxy) is 1. The molecule has 0 radical (unpaired) electrons. The highest BCUT2D eigenvalue weighted by Gasteiger charge is 2.30. The van der Waals surface area contributed by atoms with E-state index in [1.807, 2.05) is 0 Å². The molecule has 1 heterocycles. The number of carboxylic acid groups (broad SMARTS) is 1. The fourth-order valence-corrected chi connectivity index (χ4v) is 2.66. The zero-order valence-corrected chi connectivity index (χ0v) is 13.5. The predicted molar refractivity (Wildman–Crippen MR) is 82.6 cm³/mol. The van der Waals surface area contributed by atoms with Crippen LogP contribution in [0.25, 0.3) is 0 Å². The second-order valence-electron chi connectivity index (χ2n) is 4.90. The molecule has 0 bridgehead atoms. The van der Waals surface area contributed by atoms with Gasteiger partial charge in [-0.3, -0.25) is 4.79 Å². The van der Waals surface area contributed by atoms with Crippen LogP contribution in [0.3, 0.4) is 0 Å². The molecule has 0 unspecified atom stereocenters. The van der Waals surface area contributed by atoms with Gasteiger partial charge in [0.25, 0.3) is 0 Å². The highest BCUT2D eigenvalue weighted by Crippen LogP contribution is 2.22. The van der Waals surface area contributed by atoms with E-state index in [-0.39, 0.29) is 30.3 Å². The number of carboxylic acids is 1. The average molecular weight is 374 g/mol. The number of aromatic nitrogens is 1. The van der Waals surface area contributed by atoms with E-state index in [1.165, 1.54) is 28.8 Å². The quantitative estimate of drug-likeness (QED) is 0.778. The third kappa shape index (κ3) is 6.42. The molecule has 0 saturated heterocycles. The number of hydrogen-bond donors (Lipinski definition) is 2. The summed E-state index contributed by atoms with van der Waals surface area (Å²) in [6.45, 7) is 0.278. The molecule has 134 valence electrons. The van der Waals surface area contributed by atoms with E-state index >= 15 is 0 Å². The van der Waals surface area contributed by atoms with Crippen molar-refractivity contribution in [2.75, 3.05) is 6.54 Å². The lowest BCUT2D eigenvalue weighted by Crippen LogP contribution is -2.27. The van der Waals surface area contributed by atoms with Crippen LogP contribution in [0.4, 0.5) is 13.2 Å². The Kier molecular flexibility index (Phi) is 5.97. The molecule has 25 heavy (non-hydrogen) atoms. The maximum Gasteiger partial charge on any atom is 0.573 e. The van der Waals surface area contributed by atoms with E-state index in [1.54, 1.807) is 0 Å². The maximum atomic E-state index is 12.1. The molecule has 0 aliphatic carbocycles. The fourth-order valence-electron chi connectivity index (χ4n) is 1.89. The van der Waals surface area contributed by atoms with Gasteiger partial charge in [-0.25, -0.2) is 9.78 Å². The number of carbonyl (C=O) groups excluding carboxylic acids is 1. The van der Waals surface area contributed by atoms with Crippen molar-refractivity contribution in [2.24, 2.45) is 0 Å². The van der Waals surface area contributed by atoms with E-state index in [2.05, 4.69) is 15.0 Å². The summed E-state index contributed by atoms with van der Waals surface area (Å²) in [5.74, 6) is -1.77. The highest BCUT2D eigenvalue weighted by molar-refractivity contribution is 7.09. The SMILES string of the molecule is O=C(Cc1ccc(OC(F)(F)F)cc1)NCCc1nc(C(=O)O)cs1. The van der Waals surface area contributed by atoms with E-state index in [4.69, 9.17) is 5.11 Å². The number of nitrogens with one attached hydrogen (secondary N) is 1. The summed E-state index contributed by atoms with van der Waals surface area (Å²) in [6, 6.07) is 5.03. The molecular formula is C15H13F3N2O4S. The van der Waals surface area contributed by atoms with Crippen LogP contribution in [0.15, 0.2) is 29.6 Å². The van der Waals surface area contributed by atoms with Gasteiger partial charge in [0.15, 0.2) is 5.69 Å². The summed E-state index contributed by atoms with van der Waals surface area (Å²) in [4.78, 5) is 26.4. The van der Waals surface area contributed by atoms with Crippen LogP contribution in [0.2, 0.25) is 0 Å². The summed E-state index contributed by atoms with van der Waals surface area (Å²) in [6.07, 6.45) is -4.36. The Balaban J connectivity index is 1.77. The van der Waals surface area contributed by atoms with Crippen molar-refractivity contribution in [3.63, 3.8) is 0 Å². The number of alkyl halides is 3. The lowest BCUT2D eigenvalue weighted by Gasteiger charge is -2.09. The Morgan fingerprint density at radius 1 is 1.24 bits per heavy atom. The van der Waals surface area contributed by atoms with Crippen molar-refractivity contribution in [1.82, 2.24) is 10.3 Å². The highest BCUT2D eigenvalue weighted by atomic mass is 32.1. The summed E-state index contributed by atoms with van der Waals surface area (Å²) >= 11 is 1.19.